The molecule has 0 radical (unpaired) electrons. The van der Waals surface area contributed by atoms with Crippen LogP contribution in [0.1, 0.15) is 11.6 Å². The van der Waals surface area contributed by atoms with Gasteiger partial charge in [0.25, 0.3) is 5.69 Å². The Labute approximate surface area is 105 Å². The fourth-order valence-corrected chi connectivity index (χ4v) is 2.12. The molecule has 0 saturated carbocycles. The van der Waals surface area contributed by atoms with Crippen molar-refractivity contribution in [1.29, 1.82) is 0 Å². The molecule has 0 aromatic heterocycles. The van der Waals surface area contributed by atoms with E-state index in [9.17, 15) is 14.9 Å². The number of benzene rings is 1. The number of nitro benzene ring substituents is 1. The number of carbonyl (C=O) groups is 1. The number of amides is 1. The summed E-state index contributed by atoms with van der Waals surface area (Å²) in [6.07, 6.45) is 0. The van der Waals surface area contributed by atoms with Crippen LogP contribution in [-0.4, -0.2) is 47.8 Å². The molecule has 1 atom stereocenters. The van der Waals surface area contributed by atoms with E-state index in [0.29, 0.717) is 13.1 Å². The minimum atomic E-state index is -0.413. The molecule has 1 heterocycles. The molecule has 1 unspecified atom stereocenters. The van der Waals surface area contributed by atoms with Gasteiger partial charge in [-0.25, -0.2) is 0 Å². The maximum Gasteiger partial charge on any atom is 0.269 e. The summed E-state index contributed by atoms with van der Waals surface area (Å²) in [6, 6.07) is 6.60. The first-order valence-corrected chi connectivity index (χ1v) is 5.67. The van der Waals surface area contributed by atoms with Crippen LogP contribution in [0.5, 0.6) is 0 Å². The molecule has 1 aromatic rings. The van der Waals surface area contributed by atoms with Crippen molar-refractivity contribution in [3.8, 4) is 0 Å². The molecule has 1 aliphatic heterocycles. The topological polar surface area (TPSA) is 66.7 Å². The van der Waals surface area contributed by atoms with Crippen LogP contribution < -0.4 is 0 Å². The lowest BCUT2D eigenvalue weighted by atomic mass is 10.0. The van der Waals surface area contributed by atoms with Crippen LogP contribution in [-0.2, 0) is 4.79 Å². The summed E-state index contributed by atoms with van der Waals surface area (Å²) in [5.41, 5.74) is 1.07. The van der Waals surface area contributed by atoms with Crippen LogP contribution in [0.15, 0.2) is 24.3 Å². The summed E-state index contributed by atoms with van der Waals surface area (Å²) in [5.74, 6) is 0.0932. The Hall–Kier alpha value is -1.95. The predicted octanol–water partition coefficient (Wildman–Crippen LogP) is 1.04. The zero-order chi connectivity index (χ0) is 13.3. The molecule has 1 saturated heterocycles. The number of nitrogens with zero attached hydrogens (tertiary/aromatic N) is 3. The molecule has 0 aliphatic carbocycles. The van der Waals surface area contributed by atoms with E-state index in [-0.39, 0.29) is 17.6 Å². The molecule has 1 amide bonds. The van der Waals surface area contributed by atoms with Crippen molar-refractivity contribution >= 4 is 11.6 Å². The highest BCUT2D eigenvalue weighted by Crippen LogP contribution is 2.25. The highest BCUT2D eigenvalue weighted by atomic mass is 16.6. The molecule has 0 N–H and O–H groups in total. The molecule has 96 valence electrons. The van der Waals surface area contributed by atoms with Gasteiger partial charge in [-0.15, -0.1) is 0 Å². The number of carbonyl (C=O) groups excluding carboxylic acids is 1. The zero-order valence-corrected chi connectivity index (χ0v) is 10.4. The number of hydrogen-bond donors (Lipinski definition) is 0. The minimum absolute atomic E-state index is 0.0849. The molecule has 1 fully saturated rings. The second-order valence-corrected chi connectivity index (χ2v) is 4.55. The summed E-state index contributed by atoms with van der Waals surface area (Å²) in [5, 5.41) is 10.6. The highest BCUT2D eigenvalue weighted by molar-refractivity contribution is 5.78. The molecular weight excluding hydrogens is 234 g/mol. The first-order chi connectivity index (χ1) is 8.49. The number of piperazine rings is 1. The number of non-ortho nitro benzene ring substituents is 1. The first-order valence-electron chi connectivity index (χ1n) is 5.67. The lowest BCUT2D eigenvalue weighted by molar-refractivity contribution is -0.384. The Morgan fingerprint density at radius 2 is 1.89 bits per heavy atom. The number of hydrogen-bond acceptors (Lipinski definition) is 4. The fraction of sp³-hybridized carbons (Fsp3) is 0.417. The SMILES string of the molecule is CN1CC(c2ccc([N+](=O)[O-])cc2)N(C)CC1=O. The fourth-order valence-electron chi connectivity index (χ4n) is 2.12. The van der Waals surface area contributed by atoms with Gasteiger partial charge in [-0.1, -0.05) is 12.1 Å². The molecule has 6 nitrogen and oxygen atoms in total. The summed E-state index contributed by atoms with van der Waals surface area (Å²) < 4.78 is 0. The van der Waals surface area contributed by atoms with E-state index in [4.69, 9.17) is 0 Å². The van der Waals surface area contributed by atoms with Crippen molar-refractivity contribution in [2.24, 2.45) is 0 Å². The average Bonchev–Trinajstić information content (AvgIpc) is 2.34. The van der Waals surface area contributed by atoms with E-state index in [1.807, 2.05) is 11.9 Å². The molecule has 1 aromatic carbocycles. The maximum atomic E-state index is 11.5. The summed E-state index contributed by atoms with van der Waals surface area (Å²) >= 11 is 0. The van der Waals surface area contributed by atoms with Gasteiger partial charge in [0.05, 0.1) is 17.5 Å². The van der Waals surface area contributed by atoms with Crippen LogP contribution in [0.25, 0.3) is 0 Å². The molecule has 6 heteroatoms. The number of nitro groups is 1. The van der Waals surface area contributed by atoms with Crippen molar-refractivity contribution in [2.75, 3.05) is 27.2 Å². The maximum absolute atomic E-state index is 11.5. The van der Waals surface area contributed by atoms with Gasteiger partial charge < -0.3 is 4.90 Å². The zero-order valence-electron chi connectivity index (χ0n) is 10.4. The summed E-state index contributed by atoms with van der Waals surface area (Å²) in [4.78, 5) is 25.3. The van der Waals surface area contributed by atoms with E-state index < -0.39 is 4.92 Å². The van der Waals surface area contributed by atoms with Gasteiger partial charge in [0, 0.05) is 25.7 Å². The van der Waals surface area contributed by atoms with Crippen molar-refractivity contribution in [1.82, 2.24) is 9.80 Å². The molecule has 0 bridgehead atoms. The Morgan fingerprint density at radius 3 is 2.44 bits per heavy atom. The Kier molecular flexibility index (Phi) is 3.29. The third-order valence-electron chi connectivity index (χ3n) is 3.28. The molecule has 1 aliphatic rings. The van der Waals surface area contributed by atoms with Crippen molar-refractivity contribution in [3.63, 3.8) is 0 Å². The molecule has 18 heavy (non-hydrogen) atoms. The Bertz CT molecular complexity index is 472. The predicted molar refractivity (Wildman–Crippen MR) is 66.1 cm³/mol. The van der Waals surface area contributed by atoms with Crippen LogP contribution in [0.3, 0.4) is 0 Å². The average molecular weight is 249 g/mol. The van der Waals surface area contributed by atoms with Gasteiger partial charge in [-0.3, -0.25) is 19.8 Å². The minimum Gasteiger partial charge on any atom is -0.343 e. The van der Waals surface area contributed by atoms with Gasteiger partial charge in [0.15, 0.2) is 0 Å². The Morgan fingerprint density at radius 1 is 1.28 bits per heavy atom. The van der Waals surface area contributed by atoms with Gasteiger partial charge in [-0.05, 0) is 12.6 Å². The van der Waals surface area contributed by atoms with E-state index in [1.165, 1.54) is 12.1 Å². The largest absolute Gasteiger partial charge is 0.343 e. The smallest absolute Gasteiger partial charge is 0.269 e. The van der Waals surface area contributed by atoms with E-state index in [2.05, 4.69) is 0 Å². The summed E-state index contributed by atoms with van der Waals surface area (Å²) in [6.45, 7) is 0.977. The highest BCUT2D eigenvalue weighted by Gasteiger charge is 2.28. The van der Waals surface area contributed by atoms with Crippen LogP contribution in [0.2, 0.25) is 0 Å². The quantitative estimate of drug-likeness (QED) is 0.580. The van der Waals surface area contributed by atoms with Crippen LogP contribution >= 0.6 is 0 Å². The molecule has 2 rings (SSSR count). The van der Waals surface area contributed by atoms with Crippen LogP contribution in [0.4, 0.5) is 5.69 Å². The third-order valence-corrected chi connectivity index (χ3v) is 3.28. The summed E-state index contributed by atoms with van der Waals surface area (Å²) in [7, 11) is 3.66. The standard InChI is InChI=1S/C12H15N3O3/c1-13-8-12(16)14(2)7-11(13)9-3-5-10(6-4-9)15(17)18/h3-6,11H,7-8H2,1-2H3. The van der Waals surface area contributed by atoms with Gasteiger partial charge in [0.1, 0.15) is 0 Å². The van der Waals surface area contributed by atoms with Gasteiger partial charge in [0.2, 0.25) is 5.91 Å². The van der Waals surface area contributed by atoms with Crippen molar-refractivity contribution in [2.45, 2.75) is 6.04 Å². The lowest BCUT2D eigenvalue weighted by Gasteiger charge is -2.37. The molecular formula is C12H15N3O3. The lowest BCUT2D eigenvalue weighted by Crippen LogP contribution is -2.48. The van der Waals surface area contributed by atoms with E-state index in [0.717, 1.165) is 5.56 Å². The molecule has 0 spiro atoms. The van der Waals surface area contributed by atoms with Crippen molar-refractivity contribution in [3.05, 3.63) is 39.9 Å². The monoisotopic (exact) mass is 249 g/mol. The van der Waals surface area contributed by atoms with Crippen molar-refractivity contribution < 1.29 is 9.72 Å². The van der Waals surface area contributed by atoms with Crippen LogP contribution in [0, 0.1) is 10.1 Å². The Balaban J connectivity index is 2.20. The normalized spacial score (nSPS) is 21.1. The van der Waals surface area contributed by atoms with Gasteiger partial charge >= 0.3 is 0 Å². The second-order valence-electron chi connectivity index (χ2n) is 4.55. The number of rotatable bonds is 2. The van der Waals surface area contributed by atoms with E-state index >= 15 is 0 Å². The van der Waals surface area contributed by atoms with E-state index in [1.54, 1.807) is 24.1 Å². The second kappa shape index (κ2) is 4.73. The number of likely N-dealkylation sites (N-methyl/N-ethyl adjacent to an activating group) is 2. The third kappa shape index (κ3) is 2.33. The van der Waals surface area contributed by atoms with Gasteiger partial charge in [-0.2, -0.15) is 0 Å². The first kappa shape index (κ1) is 12.5.